The molecule has 1 aliphatic rings. The molecule has 1 fully saturated rings. The molecular formula is C10H14N2O3S. The molecule has 88 valence electrons. The molecule has 0 aliphatic carbocycles. The molecule has 2 N–H and O–H groups in total. The highest BCUT2D eigenvalue weighted by atomic mass is 32.1. The second kappa shape index (κ2) is 4.03. The number of hydrogen-bond acceptors (Lipinski definition) is 5. The molecule has 0 radical (unpaired) electrons. The van der Waals surface area contributed by atoms with Gasteiger partial charge in [-0.05, 0) is 31.8 Å². The number of aromatic carboxylic acids is 1. The summed E-state index contributed by atoms with van der Waals surface area (Å²) in [4.78, 5) is 11.1. The van der Waals surface area contributed by atoms with E-state index in [0.717, 1.165) is 6.42 Å². The molecule has 1 unspecified atom stereocenters. The van der Waals surface area contributed by atoms with Crippen molar-refractivity contribution in [2.45, 2.75) is 25.8 Å². The zero-order chi connectivity index (χ0) is 11.8. The summed E-state index contributed by atoms with van der Waals surface area (Å²) >= 11 is 1.19. The lowest BCUT2D eigenvalue weighted by Gasteiger charge is -2.23. The Hall–Kier alpha value is -1.14. The minimum Gasteiger partial charge on any atom is -0.478 e. The van der Waals surface area contributed by atoms with Crippen molar-refractivity contribution in [2.75, 3.05) is 18.5 Å². The van der Waals surface area contributed by atoms with Gasteiger partial charge in [-0.15, -0.1) is 0 Å². The third-order valence-corrected chi connectivity index (χ3v) is 3.56. The molecule has 0 spiro atoms. The maximum Gasteiger partial charge on any atom is 0.340 e. The highest BCUT2D eigenvalue weighted by molar-refractivity contribution is 7.10. The summed E-state index contributed by atoms with van der Waals surface area (Å²) in [6.07, 6.45) is 0.878. The number of aryl methyl sites for hydroxylation is 1. The van der Waals surface area contributed by atoms with Gasteiger partial charge in [-0.2, -0.15) is 4.37 Å². The van der Waals surface area contributed by atoms with Crippen molar-refractivity contribution >= 4 is 22.5 Å². The van der Waals surface area contributed by atoms with E-state index in [2.05, 4.69) is 9.69 Å². The van der Waals surface area contributed by atoms with E-state index < -0.39 is 5.97 Å². The van der Waals surface area contributed by atoms with E-state index >= 15 is 0 Å². The van der Waals surface area contributed by atoms with Gasteiger partial charge in [0.1, 0.15) is 10.6 Å². The van der Waals surface area contributed by atoms with E-state index in [9.17, 15) is 4.79 Å². The van der Waals surface area contributed by atoms with Crippen LogP contribution < -0.4 is 5.32 Å². The molecule has 0 aromatic carbocycles. The van der Waals surface area contributed by atoms with Gasteiger partial charge in [-0.1, -0.05) is 0 Å². The van der Waals surface area contributed by atoms with Gasteiger partial charge in [0.15, 0.2) is 0 Å². The Labute approximate surface area is 97.6 Å². The van der Waals surface area contributed by atoms with E-state index in [1.165, 1.54) is 11.5 Å². The number of rotatable bonds is 3. The van der Waals surface area contributed by atoms with Crippen LogP contribution in [-0.2, 0) is 4.74 Å². The monoisotopic (exact) mass is 242 g/mol. The van der Waals surface area contributed by atoms with E-state index in [1.807, 2.05) is 6.92 Å². The highest BCUT2D eigenvalue weighted by Gasteiger charge is 2.32. The fourth-order valence-electron chi connectivity index (χ4n) is 1.75. The SMILES string of the molecule is Cc1nsc(NC2(C)CCOC2)c1C(=O)O. The van der Waals surface area contributed by atoms with Crippen LogP contribution in [0.2, 0.25) is 0 Å². The Bertz CT molecular complexity index is 410. The third-order valence-electron chi connectivity index (χ3n) is 2.71. The molecule has 0 bridgehead atoms. The van der Waals surface area contributed by atoms with Crippen LogP contribution in [0.25, 0.3) is 0 Å². The molecule has 5 nitrogen and oxygen atoms in total. The second-order valence-corrected chi connectivity index (χ2v) is 5.04. The normalized spacial score (nSPS) is 24.6. The van der Waals surface area contributed by atoms with Crippen molar-refractivity contribution in [3.63, 3.8) is 0 Å². The predicted octanol–water partition coefficient (Wildman–Crippen LogP) is 1.74. The molecule has 0 saturated carbocycles. The Morgan fingerprint density at radius 3 is 3.00 bits per heavy atom. The predicted molar refractivity (Wildman–Crippen MR) is 61.3 cm³/mol. The number of nitrogens with zero attached hydrogens (tertiary/aromatic N) is 1. The zero-order valence-corrected chi connectivity index (χ0v) is 10.1. The van der Waals surface area contributed by atoms with Crippen LogP contribution in [0.4, 0.5) is 5.00 Å². The molecule has 0 amide bonds. The maximum atomic E-state index is 11.1. The summed E-state index contributed by atoms with van der Waals surface area (Å²) in [5, 5.41) is 13.0. The average molecular weight is 242 g/mol. The molecule has 1 atom stereocenters. The van der Waals surface area contributed by atoms with Crippen molar-refractivity contribution in [3.8, 4) is 0 Å². The number of nitrogens with one attached hydrogen (secondary N) is 1. The van der Waals surface area contributed by atoms with Gasteiger partial charge in [-0.25, -0.2) is 4.79 Å². The number of carbonyl (C=O) groups is 1. The van der Waals surface area contributed by atoms with E-state index in [-0.39, 0.29) is 11.1 Å². The summed E-state index contributed by atoms with van der Waals surface area (Å²) in [5.74, 6) is -0.934. The molecule has 1 aromatic heterocycles. The average Bonchev–Trinajstić information content (AvgIpc) is 2.74. The lowest BCUT2D eigenvalue weighted by Crippen LogP contribution is -2.35. The molecule has 6 heteroatoms. The number of hydrogen-bond donors (Lipinski definition) is 2. The van der Waals surface area contributed by atoms with Crippen LogP contribution in [-0.4, -0.2) is 34.2 Å². The molecule has 1 aliphatic heterocycles. The molecular weight excluding hydrogens is 228 g/mol. The molecule has 1 aromatic rings. The van der Waals surface area contributed by atoms with Gasteiger partial charge in [0.25, 0.3) is 0 Å². The Balaban J connectivity index is 2.24. The first-order valence-corrected chi connectivity index (χ1v) is 5.85. The smallest absolute Gasteiger partial charge is 0.340 e. The van der Waals surface area contributed by atoms with Crippen molar-refractivity contribution < 1.29 is 14.6 Å². The van der Waals surface area contributed by atoms with Crippen LogP contribution in [0.1, 0.15) is 29.4 Å². The van der Waals surface area contributed by atoms with Gasteiger partial charge in [0.2, 0.25) is 0 Å². The van der Waals surface area contributed by atoms with Crippen molar-refractivity contribution in [2.24, 2.45) is 0 Å². The zero-order valence-electron chi connectivity index (χ0n) is 9.24. The first-order chi connectivity index (χ1) is 7.52. The molecule has 1 saturated heterocycles. The van der Waals surface area contributed by atoms with Crippen LogP contribution in [0.3, 0.4) is 0 Å². The van der Waals surface area contributed by atoms with Gasteiger partial charge in [-0.3, -0.25) is 0 Å². The van der Waals surface area contributed by atoms with Crippen LogP contribution in [0.5, 0.6) is 0 Å². The molecule has 2 heterocycles. The summed E-state index contributed by atoms with van der Waals surface area (Å²) in [6.45, 7) is 5.05. The molecule has 16 heavy (non-hydrogen) atoms. The van der Waals surface area contributed by atoms with Gasteiger partial charge < -0.3 is 15.2 Å². The number of anilines is 1. The first kappa shape index (κ1) is 11.3. The van der Waals surface area contributed by atoms with E-state index in [1.54, 1.807) is 6.92 Å². The fourth-order valence-corrected chi connectivity index (χ4v) is 2.68. The van der Waals surface area contributed by atoms with E-state index in [0.29, 0.717) is 23.9 Å². The minimum atomic E-state index is -0.934. The lowest BCUT2D eigenvalue weighted by molar-refractivity contribution is 0.0697. The second-order valence-electron chi connectivity index (χ2n) is 4.27. The van der Waals surface area contributed by atoms with E-state index in [4.69, 9.17) is 9.84 Å². The van der Waals surface area contributed by atoms with Gasteiger partial charge in [0, 0.05) is 6.61 Å². The quantitative estimate of drug-likeness (QED) is 0.844. The number of aromatic nitrogens is 1. The van der Waals surface area contributed by atoms with Crippen LogP contribution in [0.15, 0.2) is 0 Å². The van der Waals surface area contributed by atoms with Crippen LogP contribution >= 0.6 is 11.5 Å². The summed E-state index contributed by atoms with van der Waals surface area (Å²) < 4.78 is 9.38. The van der Waals surface area contributed by atoms with Crippen molar-refractivity contribution in [1.82, 2.24) is 4.37 Å². The van der Waals surface area contributed by atoms with Crippen LogP contribution in [0, 0.1) is 6.92 Å². The number of carboxylic acid groups (broad SMARTS) is 1. The van der Waals surface area contributed by atoms with Crippen molar-refractivity contribution in [3.05, 3.63) is 11.3 Å². The minimum absolute atomic E-state index is 0.177. The number of ether oxygens (including phenoxy) is 1. The Morgan fingerprint density at radius 1 is 1.69 bits per heavy atom. The Kier molecular flexibility index (Phi) is 2.86. The van der Waals surface area contributed by atoms with Gasteiger partial charge >= 0.3 is 5.97 Å². The molecule has 2 rings (SSSR count). The largest absolute Gasteiger partial charge is 0.478 e. The van der Waals surface area contributed by atoms with Gasteiger partial charge in [0.05, 0.1) is 17.8 Å². The highest BCUT2D eigenvalue weighted by Crippen LogP contribution is 2.30. The van der Waals surface area contributed by atoms with Crippen molar-refractivity contribution in [1.29, 1.82) is 0 Å². The summed E-state index contributed by atoms with van der Waals surface area (Å²) in [5.41, 5.74) is 0.657. The summed E-state index contributed by atoms with van der Waals surface area (Å²) in [7, 11) is 0. The fraction of sp³-hybridized carbons (Fsp3) is 0.600. The lowest BCUT2D eigenvalue weighted by atomic mass is 10.0. The standard InChI is InChI=1S/C10H14N2O3S/c1-6-7(9(13)14)8(16-12-6)11-10(2)3-4-15-5-10/h11H,3-5H2,1-2H3,(H,13,14). The first-order valence-electron chi connectivity index (χ1n) is 5.07. The topological polar surface area (TPSA) is 71.5 Å². The summed E-state index contributed by atoms with van der Waals surface area (Å²) in [6, 6.07) is 0. The third kappa shape index (κ3) is 2.03. The Morgan fingerprint density at radius 2 is 2.44 bits per heavy atom. The maximum absolute atomic E-state index is 11.1. The number of carboxylic acids is 1.